The van der Waals surface area contributed by atoms with Crippen molar-refractivity contribution < 1.29 is 0 Å². The van der Waals surface area contributed by atoms with E-state index in [4.69, 9.17) is 4.99 Å². The van der Waals surface area contributed by atoms with Crippen molar-refractivity contribution in [1.29, 1.82) is 0 Å². The van der Waals surface area contributed by atoms with Crippen LogP contribution in [-0.4, -0.2) is 44.8 Å². The molecule has 2 aromatic rings. The highest BCUT2D eigenvalue weighted by Gasteiger charge is 2.24. The highest BCUT2D eigenvalue weighted by molar-refractivity contribution is 14.0. The first-order valence-corrected chi connectivity index (χ1v) is 10.1. The van der Waals surface area contributed by atoms with Crippen molar-refractivity contribution in [3.8, 4) is 5.69 Å². The first-order chi connectivity index (χ1) is 12.3. The lowest BCUT2D eigenvalue weighted by atomic mass is 10.2. The summed E-state index contributed by atoms with van der Waals surface area (Å²) in [5.74, 6) is 0.912. The Balaban J connectivity index is 0.00000243. The molecular formula is C18H27IN6S. The van der Waals surface area contributed by atoms with E-state index in [0.717, 1.165) is 23.4 Å². The van der Waals surface area contributed by atoms with Crippen LogP contribution in [0.3, 0.4) is 0 Å². The molecule has 2 unspecified atom stereocenters. The molecule has 1 aliphatic carbocycles. The van der Waals surface area contributed by atoms with Gasteiger partial charge in [0.1, 0.15) is 12.7 Å². The van der Waals surface area contributed by atoms with E-state index in [1.165, 1.54) is 31.2 Å². The van der Waals surface area contributed by atoms with Gasteiger partial charge in [0.15, 0.2) is 5.96 Å². The molecule has 2 atom stereocenters. The largest absolute Gasteiger partial charge is 0.357 e. The Morgan fingerprint density at radius 1 is 1.31 bits per heavy atom. The Morgan fingerprint density at radius 2 is 2.12 bits per heavy atom. The summed E-state index contributed by atoms with van der Waals surface area (Å²) in [6, 6.07) is 8.79. The van der Waals surface area contributed by atoms with Crippen molar-refractivity contribution in [1.82, 2.24) is 25.4 Å². The van der Waals surface area contributed by atoms with Crippen molar-refractivity contribution in [3.05, 3.63) is 42.5 Å². The van der Waals surface area contributed by atoms with Crippen LogP contribution in [0.2, 0.25) is 0 Å². The molecule has 0 spiro atoms. The number of rotatable bonds is 6. The lowest BCUT2D eigenvalue weighted by molar-refractivity contribution is 0.615. The lowest BCUT2D eigenvalue weighted by Gasteiger charge is -2.17. The molecule has 1 aromatic carbocycles. The maximum atomic E-state index is 4.74. The molecular weight excluding hydrogens is 459 g/mol. The third-order valence-corrected chi connectivity index (χ3v) is 5.54. The Kier molecular flexibility index (Phi) is 8.70. The van der Waals surface area contributed by atoms with Crippen LogP contribution in [0.25, 0.3) is 5.69 Å². The second-order valence-corrected chi connectivity index (χ2v) is 7.35. The van der Waals surface area contributed by atoms with Crippen LogP contribution in [0.1, 0.15) is 31.7 Å². The standard InChI is InChI=1S/C18H26N6S.HI/c1-3-20-18(23-15-6-9-17(10-15)25-2)21-11-14-4-7-16(8-5-14)24-13-19-12-22-24;/h4-5,7-8,12-13,15,17H,3,6,9-11H2,1-2H3,(H2,20,21,23);1H. The number of nitrogens with one attached hydrogen (secondary N) is 2. The minimum absolute atomic E-state index is 0. The van der Waals surface area contributed by atoms with Crippen LogP contribution in [0, 0.1) is 0 Å². The number of hydrogen-bond donors (Lipinski definition) is 2. The van der Waals surface area contributed by atoms with E-state index >= 15 is 0 Å². The van der Waals surface area contributed by atoms with Gasteiger partial charge in [-0.15, -0.1) is 24.0 Å². The smallest absolute Gasteiger partial charge is 0.191 e. The SMILES string of the molecule is CCNC(=NCc1ccc(-n2cncn2)cc1)NC1CCC(SC)C1.I. The minimum Gasteiger partial charge on any atom is -0.357 e. The molecule has 1 saturated carbocycles. The summed E-state index contributed by atoms with van der Waals surface area (Å²) in [6.45, 7) is 3.63. The van der Waals surface area contributed by atoms with Gasteiger partial charge < -0.3 is 10.6 Å². The molecule has 1 aromatic heterocycles. The van der Waals surface area contributed by atoms with Crippen molar-refractivity contribution in [2.24, 2.45) is 4.99 Å². The average molecular weight is 486 g/mol. The van der Waals surface area contributed by atoms with Gasteiger partial charge >= 0.3 is 0 Å². The molecule has 6 nitrogen and oxygen atoms in total. The second kappa shape index (κ2) is 10.8. The van der Waals surface area contributed by atoms with E-state index in [1.807, 2.05) is 23.9 Å². The summed E-state index contributed by atoms with van der Waals surface area (Å²) in [7, 11) is 0. The van der Waals surface area contributed by atoms with Gasteiger partial charge in [0, 0.05) is 17.8 Å². The maximum absolute atomic E-state index is 4.74. The number of guanidine groups is 1. The Bertz CT molecular complexity index is 673. The fraction of sp³-hybridized carbons (Fsp3) is 0.500. The van der Waals surface area contributed by atoms with Gasteiger partial charge in [-0.25, -0.2) is 14.7 Å². The summed E-state index contributed by atoms with van der Waals surface area (Å²) >= 11 is 1.98. The van der Waals surface area contributed by atoms with Crippen LogP contribution in [0.15, 0.2) is 41.9 Å². The van der Waals surface area contributed by atoms with Crippen LogP contribution in [0.5, 0.6) is 0 Å². The van der Waals surface area contributed by atoms with Crippen LogP contribution in [0.4, 0.5) is 0 Å². The Morgan fingerprint density at radius 3 is 2.73 bits per heavy atom. The van der Waals surface area contributed by atoms with E-state index in [0.29, 0.717) is 12.6 Å². The first kappa shape index (κ1) is 21.0. The van der Waals surface area contributed by atoms with Gasteiger partial charge in [0.25, 0.3) is 0 Å². The molecule has 0 saturated heterocycles. The van der Waals surface area contributed by atoms with E-state index in [2.05, 4.69) is 46.0 Å². The van der Waals surface area contributed by atoms with Crippen LogP contribution in [-0.2, 0) is 6.54 Å². The van der Waals surface area contributed by atoms with Crippen molar-refractivity contribution in [2.45, 2.75) is 44.0 Å². The summed E-state index contributed by atoms with van der Waals surface area (Å²) in [4.78, 5) is 8.72. The fourth-order valence-corrected chi connectivity index (χ4v) is 3.86. The monoisotopic (exact) mass is 486 g/mol. The quantitative estimate of drug-likeness (QED) is 0.373. The molecule has 8 heteroatoms. The van der Waals surface area contributed by atoms with Gasteiger partial charge in [-0.3, -0.25) is 0 Å². The molecule has 26 heavy (non-hydrogen) atoms. The van der Waals surface area contributed by atoms with Gasteiger partial charge in [-0.05, 0) is 50.1 Å². The topological polar surface area (TPSA) is 67.1 Å². The Labute approximate surface area is 176 Å². The summed E-state index contributed by atoms with van der Waals surface area (Å²) in [6.07, 6.45) is 9.18. The number of thioether (sulfide) groups is 1. The highest BCUT2D eigenvalue weighted by atomic mass is 127. The molecule has 0 bridgehead atoms. The summed E-state index contributed by atoms with van der Waals surface area (Å²) < 4.78 is 1.75. The fourth-order valence-electron chi connectivity index (χ4n) is 3.06. The van der Waals surface area contributed by atoms with Crippen molar-refractivity contribution >= 4 is 41.7 Å². The van der Waals surface area contributed by atoms with E-state index < -0.39 is 0 Å². The molecule has 0 amide bonds. The average Bonchev–Trinajstić information content (AvgIpc) is 3.32. The third-order valence-electron chi connectivity index (χ3n) is 4.44. The molecule has 1 fully saturated rings. The number of aromatic nitrogens is 3. The van der Waals surface area contributed by atoms with Crippen LogP contribution < -0.4 is 10.6 Å². The first-order valence-electron chi connectivity index (χ1n) is 8.80. The predicted octanol–water partition coefficient (Wildman–Crippen LogP) is 3.22. The molecule has 1 heterocycles. The third kappa shape index (κ3) is 5.87. The van der Waals surface area contributed by atoms with Gasteiger partial charge in [-0.1, -0.05) is 12.1 Å². The highest BCUT2D eigenvalue weighted by Crippen LogP contribution is 2.28. The predicted molar refractivity (Wildman–Crippen MR) is 120 cm³/mol. The molecule has 3 rings (SSSR count). The van der Waals surface area contributed by atoms with Crippen molar-refractivity contribution in [2.75, 3.05) is 12.8 Å². The maximum Gasteiger partial charge on any atom is 0.191 e. The minimum atomic E-state index is 0. The zero-order chi connectivity index (χ0) is 17.5. The molecule has 1 aliphatic rings. The molecule has 0 aliphatic heterocycles. The van der Waals surface area contributed by atoms with E-state index in [9.17, 15) is 0 Å². The van der Waals surface area contributed by atoms with Gasteiger partial charge in [-0.2, -0.15) is 16.9 Å². The second-order valence-electron chi connectivity index (χ2n) is 6.21. The number of halogens is 1. The molecule has 2 N–H and O–H groups in total. The zero-order valence-corrected chi connectivity index (χ0v) is 18.4. The molecule has 0 radical (unpaired) electrons. The number of hydrogen-bond acceptors (Lipinski definition) is 4. The number of benzene rings is 1. The summed E-state index contributed by atoms with van der Waals surface area (Å²) in [5.41, 5.74) is 2.18. The lowest BCUT2D eigenvalue weighted by Crippen LogP contribution is -2.42. The summed E-state index contributed by atoms with van der Waals surface area (Å²) in [5, 5.41) is 11.9. The normalized spacial score (nSPS) is 19.8. The number of aliphatic imine (C=N–C) groups is 1. The number of nitrogens with zero attached hydrogens (tertiary/aromatic N) is 4. The van der Waals surface area contributed by atoms with Crippen LogP contribution >= 0.6 is 35.7 Å². The van der Waals surface area contributed by atoms with Crippen molar-refractivity contribution in [3.63, 3.8) is 0 Å². The zero-order valence-electron chi connectivity index (χ0n) is 15.3. The van der Waals surface area contributed by atoms with E-state index in [1.54, 1.807) is 11.0 Å². The van der Waals surface area contributed by atoms with Gasteiger partial charge in [0.2, 0.25) is 0 Å². The Hall–Kier alpha value is -1.29. The molecule has 142 valence electrons. The van der Waals surface area contributed by atoms with E-state index in [-0.39, 0.29) is 24.0 Å². The van der Waals surface area contributed by atoms with Gasteiger partial charge in [0.05, 0.1) is 12.2 Å².